The number of hydrogen-bond acceptors (Lipinski definition) is 4. The van der Waals surface area contributed by atoms with Crippen LogP contribution in [0.5, 0.6) is 5.75 Å². The molecule has 1 aromatic rings. The maximum atomic E-state index is 12.6. The molecule has 1 aliphatic heterocycles. The fourth-order valence-corrected chi connectivity index (χ4v) is 3.76. The van der Waals surface area contributed by atoms with E-state index in [2.05, 4.69) is 6.58 Å². The molecule has 0 spiro atoms. The normalized spacial score (nSPS) is 20.8. The first kappa shape index (κ1) is 16.0. The number of hydrogen-bond donors (Lipinski definition) is 0. The quantitative estimate of drug-likeness (QED) is 0.607. The van der Waals surface area contributed by atoms with Crippen molar-refractivity contribution in [1.82, 2.24) is 0 Å². The van der Waals surface area contributed by atoms with Crippen LogP contribution in [0.15, 0.2) is 42.7 Å². The van der Waals surface area contributed by atoms with Gasteiger partial charge in [-0.2, -0.15) is 0 Å². The lowest BCUT2D eigenvalue weighted by Crippen LogP contribution is -2.28. The van der Waals surface area contributed by atoms with E-state index in [1.54, 1.807) is 13.2 Å². The smallest absolute Gasteiger partial charge is 0.354 e. The zero-order valence-corrected chi connectivity index (χ0v) is 13.6. The van der Waals surface area contributed by atoms with Crippen LogP contribution >= 0.6 is 7.60 Å². The van der Waals surface area contributed by atoms with Gasteiger partial charge in [-0.15, -0.1) is 0 Å². The third kappa shape index (κ3) is 4.07. The van der Waals surface area contributed by atoms with E-state index < -0.39 is 7.60 Å². The maximum Gasteiger partial charge on any atom is 0.354 e. The standard InChI is InChI=1S/C16H21O4P/c1-5-13(14-6-8-15(18-4)9-7-14)10-21(17)19-11-16(2,3)12-20-21/h5-10H,1,11-12H2,2-4H3/b13-10+. The Morgan fingerprint density at radius 1 is 1.29 bits per heavy atom. The second kappa shape index (κ2) is 6.18. The summed E-state index contributed by atoms with van der Waals surface area (Å²) < 4.78 is 28.6. The fourth-order valence-electron chi connectivity index (χ4n) is 1.88. The summed E-state index contributed by atoms with van der Waals surface area (Å²) in [5.41, 5.74) is 1.50. The molecule has 0 amide bonds. The molecule has 0 atom stereocenters. The Balaban J connectivity index is 2.23. The molecule has 4 nitrogen and oxygen atoms in total. The van der Waals surface area contributed by atoms with E-state index in [9.17, 15) is 4.57 Å². The van der Waals surface area contributed by atoms with Gasteiger partial charge in [0.25, 0.3) is 0 Å². The van der Waals surface area contributed by atoms with Gasteiger partial charge in [0.05, 0.1) is 20.3 Å². The lowest BCUT2D eigenvalue weighted by atomic mass is 9.97. The highest BCUT2D eigenvalue weighted by molar-refractivity contribution is 7.57. The van der Waals surface area contributed by atoms with Crippen molar-refractivity contribution in [3.8, 4) is 5.75 Å². The molecule has 0 aliphatic carbocycles. The van der Waals surface area contributed by atoms with Crippen LogP contribution in [0.25, 0.3) is 5.57 Å². The molecule has 2 rings (SSSR count). The number of ether oxygens (including phenoxy) is 1. The van der Waals surface area contributed by atoms with Gasteiger partial charge in [-0.05, 0) is 23.3 Å². The molecule has 0 bridgehead atoms. The van der Waals surface area contributed by atoms with Crippen LogP contribution in [0.2, 0.25) is 0 Å². The molecule has 5 heteroatoms. The van der Waals surface area contributed by atoms with Gasteiger partial charge in [0.15, 0.2) is 0 Å². The Morgan fingerprint density at radius 2 is 1.86 bits per heavy atom. The van der Waals surface area contributed by atoms with Crippen molar-refractivity contribution in [1.29, 1.82) is 0 Å². The van der Waals surface area contributed by atoms with Crippen LogP contribution in [0.3, 0.4) is 0 Å². The average Bonchev–Trinajstić information content (AvgIpc) is 2.49. The Bertz CT molecular complexity index is 573. The van der Waals surface area contributed by atoms with E-state index >= 15 is 0 Å². The Labute approximate surface area is 125 Å². The summed E-state index contributed by atoms with van der Waals surface area (Å²) >= 11 is 0. The summed E-state index contributed by atoms with van der Waals surface area (Å²) in [5, 5.41) is 0. The van der Waals surface area contributed by atoms with Gasteiger partial charge in [-0.1, -0.05) is 38.6 Å². The molecule has 0 N–H and O–H groups in total. The minimum Gasteiger partial charge on any atom is -0.497 e. The van der Waals surface area contributed by atoms with E-state index in [0.29, 0.717) is 13.2 Å². The van der Waals surface area contributed by atoms with E-state index in [1.165, 1.54) is 5.82 Å². The molecule has 1 aromatic carbocycles. The summed E-state index contributed by atoms with van der Waals surface area (Å²) in [4.78, 5) is 0. The average molecular weight is 308 g/mol. The summed E-state index contributed by atoms with van der Waals surface area (Å²) in [5.74, 6) is 2.30. The molecule has 21 heavy (non-hydrogen) atoms. The van der Waals surface area contributed by atoms with Gasteiger partial charge >= 0.3 is 7.60 Å². The summed E-state index contributed by atoms with van der Waals surface area (Å²) in [7, 11) is -1.60. The molecular formula is C16H21O4P. The SMILES string of the molecule is C=C/C(=C\P1(=O)OCC(C)(C)CO1)c1ccc(OC)cc1. The predicted octanol–water partition coefficient (Wildman–Crippen LogP) is 4.49. The van der Waals surface area contributed by atoms with Crippen molar-refractivity contribution in [2.75, 3.05) is 20.3 Å². The number of benzene rings is 1. The zero-order chi connectivity index (χ0) is 15.5. The van der Waals surface area contributed by atoms with Crippen LogP contribution in [-0.4, -0.2) is 20.3 Å². The fraction of sp³-hybridized carbons (Fsp3) is 0.375. The van der Waals surface area contributed by atoms with Gasteiger partial charge in [0.2, 0.25) is 0 Å². The molecule has 1 fully saturated rings. The highest BCUT2D eigenvalue weighted by Crippen LogP contribution is 2.56. The zero-order valence-electron chi connectivity index (χ0n) is 12.7. The van der Waals surface area contributed by atoms with Crippen LogP contribution in [0, 0.1) is 5.41 Å². The number of allylic oxidation sites excluding steroid dienone is 2. The molecule has 114 valence electrons. The first-order valence-electron chi connectivity index (χ1n) is 6.76. The second-order valence-corrected chi connectivity index (χ2v) is 7.62. The lowest BCUT2D eigenvalue weighted by Gasteiger charge is -2.32. The first-order chi connectivity index (χ1) is 9.87. The van der Waals surface area contributed by atoms with Crippen LogP contribution in [0.1, 0.15) is 19.4 Å². The Morgan fingerprint density at radius 3 is 2.33 bits per heavy atom. The van der Waals surface area contributed by atoms with E-state index in [1.807, 2.05) is 38.1 Å². The van der Waals surface area contributed by atoms with Gasteiger partial charge in [0.1, 0.15) is 5.75 Å². The lowest BCUT2D eigenvalue weighted by molar-refractivity contribution is 0.0458. The highest BCUT2D eigenvalue weighted by atomic mass is 31.2. The van der Waals surface area contributed by atoms with Crippen molar-refractivity contribution in [2.24, 2.45) is 5.41 Å². The van der Waals surface area contributed by atoms with Crippen molar-refractivity contribution in [2.45, 2.75) is 13.8 Å². The van der Waals surface area contributed by atoms with Crippen molar-refractivity contribution in [3.05, 3.63) is 48.3 Å². The van der Waals surface area contributed by atoms with Crippen LogP contribution < -0.4 is 4.74 Å². The van der Waals surface area contributed by atoms with E-state index in [-0.39, 0.29) is 5.41 Å². The molecule has 0 unspecified atom stereocenters. The van der Waals surface area contributed by atoms with Crippen LogP contribution in [-0.2, 0) is 13.6 Å². The van der Waals surface area contributed by atoms with E-state index in [0.717, 1.165) is 16.9 Å². The van der Waals surface area contributed by atoms with Crippen molar-refractivity contribution < 1.29 is 18.3 Å². The van der Waals surface area contributed by atoms with Crippen molar-refractivity contribution >= 4 is 13.2 Å². The number of methoxy groups -OCH3 is 1. The van der Waals surface area contributed by atoms with Gasteiger partial charge in [0, 0.05) is 11.2 Å². The molecule has 1 saturated heterocycles. The second-order valence-electron chi connectivity index (χ2n) is 5.77. The highest BCUT2D eigenvalue weighted by Gasteiger charge is 2.35. The summed E-state index contributed by atoms with van der Waals surface area (Å²) in [6.07, 6.45) is 1.65. The van der Waals surface area contributed by atoms with Gasteiger partial charge in [-0.3, -0.25) is 4.57 Å². The molecule has 0 saturated carbocycles. The predicted molar refractivity (Wildman–Crippen MR) is 84.5 cm³/mol. The third-order valence-electron chi connectivity index (χ3n) is 3.21. The van der Waals surface area contributed by atoms with E-state index in [4.69, 9.17) is 13.8 Å². The first-order valence-corrected chi connectivity index (χ1v) is 8.37. The molecule has 0 aromatic heterocycles. The molecule has 1 heterocycles. The topological polar surface area (TPSA) is 44.8 Å². The minimum absolute atomic E-state index is 0.115. The number of rotatable bonds is 4. The van der Waals surface area contributed by atoms with Gasteiger partial charge < -0.3 is 13.8 Å². The monoisotopic (exact) mass is 308 g/mol. The van der Waals surface area contributed by atoms with Crippen LogP contribution in [0.4, 0.5) is 0 Å². The maximum absolute atomic E-state index is 12.6. The Hall–Kier alpha value is -1.35. The summed E-state index contributed by atoms with van der Waals surface area (Å²) in [6.45, 7) is 8.62. The third-order valence-corrected chi connectivity index (χ3v) is 4.78. The summed E-state index contributed by atoms with van der Waals surface area (Å²) in [6, 6.07) is 7.45. The Kier molecular flexibility index (Phi) is 4.72. The molecule has 1 aliphatic rings. The van der Waals surface area contributed by atoms with Crippen molar-refractivity contribution in [3.63, 3.8) is 0 Å². The minimum atomic E-state index is -3.21. The molecular weight excluding hydrogens is 287 g/mol. The largest absolute Gasteiger partial charge is 0.497 e. The molecule has 0 radical (unpaired) electrons. The van der Waals surface area contributed by atoms with Gasteiger partial charge in [-0.25, -0.2) is 0 Å².